The van der Waals surface area contributed by atoms with Crippen LogP contribution >= 0.6 is 0 Å². The van der Waals surface area contributed by atoms with Crippen molar-refractivity contribution in [3.63, 3.8) is 0 Å². The Morgan fingerprint density at radius 1 is 1.47 bits per heavy atom. The summed E-state index contributed by atoms with van der Waals surface area (Å²) in [6.45, 7) is 8.29. The highest BCUT2D eigenvalue weighted by Crippen LogP contribution is 2.28. The van der Waals surface area contributed by atoms with E-state index in [4.69, 9.17) is 0 Å². The summed E-state index contributed by atoms with van der Waals surface area (Å²) >= 11 is 0. The van der Waals surface area contributed by atoms with Gasteiger partial charge in [-0.1, -0.05) is 33.8 Å². The zero-order valence-corrected chi connectivity index (χ0v) is 10.7. The molecule has 0 saturated heterocycles. The van der Waals surface area contributed by atoms with Gasteiger partial charge < -0.3 is 5.32 Å². The second-order valence-electron chi connectivity index (χ2n) is 5.36. The van der Waals surface area contributed by atoms with Gasteiger partial charge in [0, 0.05) is 6.42 Å². The summed E-state index contributed by atoms with van der Waals surface area (Å²) in [4.78, 5) is 15.3. The molecule has 1 heterocycles. The van der Waals surface area contributed by atoms with Crippen LogP contribution < -0.4 is 5.32 Å². The van der Waals surface area contributed by atoms with Crippen molar-refractivity contribution in [1.82, 2.24) is 4.98 Å². The molecular weight excluding hydrogens is 219 g/mol. The maximum Gasteiger partial charge on any atom is 0.225 e. The fraction of sp³-hybridized carbons (Fsp3) is 0.538. The minimum atomic E-state index is -0.591. The SMILES string of the molecule is CC(CC(=O)Nc1cccc(F)n1)C(C)(C)C. The predicted octanol–water partition coefficient (Wildman–Crippen LogP) is 3.23. The number of hydrogen-bond acceptors (Lipinski definition) is 2. The number of nitrogens with zero attached hydrogens (tertiary/aromatic N) is 1. The number of carbonyl (C=O) groups excluding carboxylic acids is 1. The van der Waals surface area contributed by atoms with Gasteiger partial charge in [-0.25, -0.2) is 4.98 Å². The number of pyridine rings is 1. The zero-order valence-electron chi connectivity index (χ0n) is 10.7. The monoisotopic (exact) mass is 238 g/mol. The molecule has 0 aliphatic carbocycles. The lowest BCUT2D eigenvalue weighted by molar-refractivity contribution is -0.117. The molecule has 94 valence electrons. The van der Waals surface area contributed by atoms with Crippen molar-refractivity contribution < 1.29 is 9.18 Å². The number of halogens is 1. The van der Waals surface area contributed by atoms with E-state index in [1.807, 2.05) is 6.92 Å². The molecule has 0 aliphatic rings. The van der Waals surface area contributed by atoms with E-state index in [-0.39, 0.29) is 23.1 Å². The Bertz CT molecular complexity index is 399. The lowest BCUT2D eigenvalue weighted by Crippen LogP contribution is -2.24. The van der Waals surface area contributed by atoms with Gasteiger partial charge in [0.15, 0.2) is 0 Å². The van der Waals surface area contributed by atoms with E-state index in [1.54, 1.807) is 6.07 Å². The summed E-state index contributed by atoms with van der Waals surface area (Å²) in [5.74, 6) is -0.218. The minimum Gasteiger partial charge on any atom is -0.311 e. The highest BCUT2D eigenvalue weighted by atomic mass is 19.1. The molecule has 1 aromatic rings. The molecule has 0 saturated carbocycles. The Labute approximate surface area is 101 Å². The molecule has 1 amide bonds. The molecule has 1 rings (SSSR count). The van der Waals surface area contributed by atoms with E-state index in [9.17, 15) is 9.18 Å². The number of nitrogens with one attached hydrogen (secondary N) is 1. The van der Waals surface area contributed by atoms with E-state index in [0.717, 1.165) is 0 Å². The van der Waals surface area contributed by atoms with E-state index in [1.165, 1.54) is 12.1 Å². The first-order valence-corrected chi connectivity index (χ1v) is 5.71. The summed E-state index contributed by atoms with van der Waals surface area (Å²) in [6, 6.07) is 4.33. The van der Waals surface area contributed by atoms with Gasteiger partial charge in [0.05, 0.1) is 0 Å². The molecule has 1 aromatic heterocycles. The third-order valence-electron chi connectivity index (χ3n) is 2.95. The van der Waals surface area contributed by atoms with Crippen molar-refractivity contribution in [2.24, 2.45) is 11.3 Å². The van der Waals surface area contributed by atoms with Crippen LogP contribution in [0.15, 0.2) is 18.2 Å². The van der Waals surface area contributed by atoms with Gasteiger partial charge in [-0.05, 0) is 23.5 Å². The molecule has 0 spiro atoms. The van der Waals surface area contributed by atoms with Crippen LogP contribution in [0.4, 0.5) is 10.2 Å². The zero-order chi connectivity index (χ0) is 13.1. The largest absolute Gasteiger partial charge is 0.311 e. The molecule has 0 aliphatic heterocycles. The first-order valence-electron chi connectivity index (χ1n) is 5.71. The van der Waals surface area contributed by atoms with E-state index >= 15 is 0 Å². The summed E-state index contributed by atoms with van der Waals surface area (Å²) in [7, 11) is 0. The Morgan fingerprint density at radius 2 is 2.12 bits per heavy atom. The topological polar surface area (TPSA) is 42.0 Å². The first kappa shape index (κ1) is 13.6. The molecule has 1 unspecified atom stereocenters. The van der Waals surface area contributed by atoms with Crippen LogP contribution in [0, 0.1) is 17.3 Å². The van der Waals surface area contributed by atoms with Crippen LogP contribution in [0.2, 0.25) is 0 Å². The van der Waals surface area contributed by atoms with Gasteiger partial charge in [0.2, 0.25) is 11.9 Å². The molecule has 1 N–H and O–H groups in total. The quantitative estimate of drug-likeness (QED) is 0.821. The first-order chi connectivity index (χ1) is 7.79. The maximum absolute atomic E-state index is 12.8. The Hall–Kier alpha value is -1.45. The summed E-state index contributed by atoms with van der Waals surface area (Å²) in [5.41, 5.74) is 0.0761. The van der Waals surface area contributed by atoms with Crippen LogP contribution in [0.1, 0.15) is 34.1 Å². The molecule has 1 atom stereocenters. The molecular formula is C13H19FN2O. The molecule has 0 fully saturated rings. The van der Waals surface area contributed by atoms with Crippen LogP contribution in [-0.4, -0.2) is 10.9 Å². The van der Waals surface area contributed by atoms with Gasteiger partial charge in [-0.15, -0.1) is 0 Å². The van der Waals surface area contributed by atoms with E-state index in [0.29, 0.717) is 6.42 Å². The molecule has 0 aromatic carbocycles. The third kappa shape index (κ3) is 4.51. The molecule has 4 heteroatoms. The number of hydrogen-bond donors (Lipinski definition) is 1. The molecule has 17 heavy (non-hydrogen) atoms. The number of anilines is 1. The van der Waals surface area contributed by atoms with Gasteiger partial charge >= 0.3 is 0 Å². The van der Waals surface area contributed by atoms with Crippen molar-refractivity contribution in [3.8, 4) is 0 Å². The standard InChI is InChI=1S/C13H19FN2O/c1-9(13(2,3)4)8-12(17)16-11-7-5-6-10(14)15-11/h5-7,9H,8H2,1-4H3,(H,15,16,17). The number of carbonyl (C=O) groups is 1. The van der Waals surface area contributed by atoms with Crippen molar-refractivity contribution in [1.29, 1.82) is 0 Å². The molecule has 3 nitrogen and oxygen atoms in total. The van der Waals surface area contributed by atoms with Gasteiger partial charge in [0.25, 0.3) is 0 Å². The van der Waals surface area contributed by atoms with Crippen molar-refractivity contribution in [2.45, 2.75) is 34.1 Å². The summed E-state index contributed by atoms with van der Waals surface area (Å²) < 4.78 is 12.8. The minimum absolute atomic E-state index is 0.0761. The Balaban J connectivity index is 2.56. The van der Waals surface area contributed by atoms with Gasteiger partial charge in [-0.3, -0.25) is 4.79 Å². The molecule has 0 bridgehead atoms. The highest BCUT2D eigenvalue weighted by Gasteiger charge is 2.22. The summed E-state index contributed by atoms with van der Waals surface area (Å²) in [6.07, 6.45) is 0.404. The van der Waals surface area contributed by atoms with Crippen molar-refractivity contribution >= 4 is 11.7 Å². The van der Waals surface area contributed by atoms with Gasteiger partial charge in [-0.2, -0.15) is 4.39 Å². The normalized spacial score (nSPS) is 13.2. The highest BCUT2D eigenvalue weighted by molar-refractivity contribution is 5.89. The van der Waals surface area contributed by atoms with Gasteiger partial charge in [0.1, 0.15) is 5.82 Å². The van der Waals surface area contributed by atoms with Crippen molar-refractivity contribution in [3.05, 3.63) is 24.1 Å². The second kappa shape index (κ2) is 5.25. The average Bonchev–Trinajstić information content (AvgIpc) is 2.15. The number of rotatable bonds is 3. The van der Waals surface area contributed by atoms with Crippen molar-refractivity contribution in [2.75, 3.05) is 5.32 Å². The lowest BCUT2D eigenvalue weighted by Gasteiger charge is -2.26. The van der Waals surface area contributed by atoms with Crippen LogP contribution in [0.3, 0.4) is 0 Å². The smallest absolute Gasteiger partial charge is 0.225 e. The predicted molar refractivity (Wildman–Crippen MR) is 66.1 cm³/mol. The van der Waals surface area contributed by atoms with Crippen LogP contribution in [0.5, 0.6) is 0 Å². The summed E-state index contributed by atoms with van der Waals surface area (Å²) in [5, 5.41) is 2.60. The van der Waals surface area contributed by atoms with Crippen LogP contribution in [0.25, 0.3) is 0 Å². The maximum atomic E-state index is 12.8. The van der Waals surface area contributed by atoms with E-state index in [2.05, 4.69) is 31.1 Å². The Morgan fingerprint density at radius 3 is 2.65 bits per heavy atom. The number of amides is 1. The fourth-order valence-corrected chi connectivity index (χ4v) is 1.26. The fourth-order valence-electron chi connectivity index (χ4n) is 1.26. The molecule has 0 radical (unpaired) electrons. The lowest BCUT2D eigenvalue weighted by atomic mass is 9.80. The third-order valence-corrected chi connectivity index (χ3v) is 2.95. The number of aromatic nitrogens is 1. The second-order valence-corrected chi connectivity index (χ2v) is 5.36. The Kier molecular flexibility index (Phi) is 4.21. The van der Waals surface area contributed by atoms with E-state index < -0.39 is 5.95 Å². The van der Waals surface area contributed by atoms with Crippen LogP contribution in [-0.2, 0) is 4.79 Å². The average molecular weight is 238 g/mol.